The number of fused-ring (bicyclic) bond motifs is 3. The van der Waals surface area contributed by atoms with Crippen LogP contribution in [0.4, 0.5) is 0 Å². The van der Waals surface area contributed by atoms with Gasteiger partial charge in [0.2, 0.25) is 0 Å². The first-order chi connectivity index (χ1) is 13.0. The molecule has 27 heavy (non-hydrogen) atoms. The molecule has 1 aliphatic rings. The van der Waals surface area contributed by atoms with Crippen molar-refractivity contribution in [3.05, 3.63) is 86.6 Å². The number of nitrogens with zero attached hydrogens (tertiary/aromatic N) is 1. The topological polar surface area (TPSA) is 51.5 Å². The molecule has 1 N–H and O–H groups in total. The molecule has 2 aromatic carbocycles. The summed E-state index contributed by atoms with van der Waals surface area (Å²) < 4.78 is 8.24. The lowest BCUT2D eigenvalue weighted by Gasteiger charge is -2.23. The quantitative estimate of drug-likeness (QED) is 0.557. The number of benzene rings is 2. The highest BCUT2D eigenvalue weighted by Gasteiger charge is 2.32. The molecule has 4 nitrogen and oxygen atoms in total. The Morgan fingerprint density at radius 2 is 1.89 bits per heavy atom. The van der Waals surface area contributed by atoms with Crippen molar-refractivity contribution in [1.29, 1.82) is 0 Å². The van der Waals surface area contributed by atoms with Crippen LogP contribution in [0.1, 0.15) is 35.4 Å². The molecular formula is C20H14Cl3NO3. The van der Waals surface area contributed by atoms with Crippen LogP contribution in [0.25, 0.3) is 5.69 Å². The van der Waals surface area contributed by atoms with E-state index in [1.165, 1.54) is 0 Å². The highest BCUT2D eigenvalue weighted by atomic mass is 35.5. The summed E-state index contributed by atoms with van der Waals surface area (Å²) in [6, 6.07) is 14.5. The number of hydrogen-bond acceptors (Lipinski definition) is 2. The van der Waals surface area contributed by atoms with Gasteiger partial charge in [-0.3, -0.25) is 4.79 Å². The van der Waals surface area contributed by atoms with E-state index in [0.29, 0.717) is 20.6 Å². The van der Waals surface area contributed by atoms with E-state index in [4.69, 9.17) is 39.5 Å². The minimum atomic E-state index is -0.951. The molecule has 0 amide bonds. The predicted molar refractivity (Wildman–Crippen MR) is 105 cm³/mol. The Bertz CT molecular complexity index is 1030. The molecule has 1 aliphatic heterocycles. The third-order valence-corrected chi connectivity index (χ3v) is 5.63. The molecule has 4 rings (SSSR count). The number of rotatable bonds is 3. The first kappa shape index (κ1) is 18.4. The number of aliphatic carboxylic acids is 1. The van der Waals surface area contributed by atoms with E-state index < -0.39 is 18.2 Å². The van der Waals surface area contributed by atoms with E-state index in [9.17, 15) is 9.90 Å². The molecule has 2 atom stereocenters. The van der Waals surface area contributed by atoms with E-state index in [1.54, 1.807) is 18.2 Å². The van der Waals surface area contributed by atoms with Gasteiger partial charge in [-0.2, -0.15) is 0 Å². The number of halogens is 3. The fourth-order valence-electron chi connectivity index (χ4n) is 3.41. The zero-order chi connectivity index (χ0) is 19.1. The van der Waals surface area contributed by atoms with Gasteiger partial charge in [0.1, 0.15) is 12.2 Å². The molecule has 0 radical (unpaired) electrons. The van der Waals surface area contributed by atoms with Gasteiger partial charge in [-0.05, 0) is 36.4 Å². The van der Waals surface area contributed by atoms with Crippen LogP contribution in [-0.2, 0) is 9.53 Å². The minimum absolute atomic E-state index is 0.180. The molecule has 0 unspecified atom stereocenters. The number of carboxylic acids is 1. The van der Waals surface area contributed by atoms with Crippen LogP contribution >= 0.6 is 34.8 Å². The van der Waals surface area contributed by atoms with E-state index in [2.05, 4.69) is 0 Å². The molecule has 138 valence electrons. The molecule has 0 fully saturated rings. The Kier molecular flexibility index (Phi) is 4.91. The molecule has 0 bridgehead atoms. The van der Waals surface area contributed by atoms with Gasteiger partial charge in [0.15, 0.2) is 0 Å². The lowest BCUT2D eigenvalue weighted by Crippen LogP contribution is -2.14. The molecule has 7 heteroatoms. The lowest BCUT2D eigenvalue weighted by molar-refractivity contribution is -0.141. The molecule has 1 aromatic heterocycles. The Labute approximate surface area is 170 Å². The van der Waals surface area contributed by atoms with E-state index in [1.807, 2.05) is 41.1 Å². The van der Waals surface area contributed by atoms with Crippen molar-refractivity contribution < 1.29 is 14.6 Å². The van der Waals surface area contributed by atoms with Crippen molar-refractivity contribution in [3.63, 3.8) is 0 Å². The van der Waals surface area contributed by atoms with E-state index in [0.717, 1.165) is 16.9 Å². The Balaban J connectivity index is 1.96. The van der Waals surface area contributed by atoms with Gasteiger partial charge in [-0.1, -0.05) is 46.9 Å². The lowest BCUT2D eigenvalue weighted by atomic mass is 9.99. The second-order valence-corrected chi connectivity index (χ2v) is 7.47. The van der Waals surface area contributed by atoms with Gasteiger partial charge in [0.05, 0.1) is 27.8 Å². The predicted octanol–water partition coefficient (Wildman–Crippen LogP) is 6.07. The smallest absolute Gasteiger partial charge is 0.306 e. The Hall–Kier alpha value is -1.98. The monoisotopic (exact) mass is 421 g/mol. The number of carbonyl (C=O) groups is 1. The Morgan fingerprint density at radius 1 is 1.07 bits per heavy atom. The molecule has 2 heterocycles. The van der Waals surface area contributed by atoms with Crippen molar-refractivity contribution in [2.45, 2.75) is 18.6 Å². The van der Waals surface area contributed by atoms with Crippen LogP contribution in [0.5, 0.6) is 0 Å². The van der Waals surface area contributed by atoms with E-state index in [-0.39, 0.29) is 6.42 Å². The number of ether oxygens (including phenoxy) is 1. The van der Waals surface area contributed by atoms with Crippen LogP contribution in [0.3, 0.4) is 0 Å². The second-order valence-electron chi connectivity index (χ2n) is 6.25. The van der Waals surface area contributed by atoms with Crippen molar-refractivity contribution >= 4 is 40.8 Å². The van der Waals surface area contributed by atoms with Gasteiger partial charge in [0.25, 0.3) is 0 Å². The van der Waals surface area contributed by atoms with Crippen LogP contribution in [-0.4, -0.2) is 15.6 Å². The maximum atomic E-state index is 11.4. The third kappa shape index (κ3) is 3.34. The average molecular weight is 423 g/mol. The summed E-state index contributed by atoms with van der Waals surface area (Å²) in [5.74, 6) is -0.951. The summed E-state index contributed by atoms with van der Waals surface area (Å²) in [4.78, 5) is 11.4. The molecule has 0 saturated carbocycles. The summed E-state index contributed by atoms with van der Waals surface area (Å²) in [5, 5.41) is 10.7. The van der Waals surface area contributed by atoms with Gasteiger partial charge < -0.3 is 14.4 Å². The minimum Gasteiger partial charge on any atom is -0.481 e. The van der Waals surface area contributed by atoms with Crippen LogP contribution in [0.15, 0.2) is 54.7 Å². The largest absolute Gasteiger partial charge is 0.481 e. The zero-order valence-electron chi connectivity index (χ0n) is 13.9. The summed E-state index contributed by atoms with van der Waals surface area (Å²) in [6.45, 7) is 0. The summed E-state index contributed by atoms with van der Waals surface area (Å²) in [7, 11) is 0. The van der Waals surface area contributed by atoms with Gasteiger partial charge in [-0.25, -0.2) is 0 Å². The normalized spacial score (nSPS) is 18.5. The first-order valence-electron chi connectivity index (χ1n) is 8.24. The van der Waals surface area contributed by atoms with Crippen LogP contribution in [0, 0.1) is 0 Å². The fourth-order valence-corrected chi connectivity index (χ4v) is 4.00. The molecule has 0 spiro atoms. The summed E-state index contributed by atoms with van der Waals surface area (Å²) in [6.07, 6.45) is 0.417. The van der Waals surface area contributed by atoms with Gasteiger partial charge >= 0.3 is 5.97 Å². The van der Waals surface area contributed by atoms with Gasteiger partial charge in [-0.15, -0.1) is 0 Å². The SMILES string of the molecule is O=C(O)C[C@H]1O[C@H](c2cccc(Cl)c2Cl)c2cc(Cl)ccc2-n2cccc21. The van der Waals surface area contributed by atoms with Gasteiger partial charge in [0, 0.05) is 22.3 Å². The first-order valence-corrected chi connectivity index (χ1v) is 9.37. The fraction of sp³-hybridized carbons (Fsp3) is 0.150. The zero-order valence-corrected chi connectivity index (χ0v) is 16.2. The maximum Gasteiger partial charge on any atom is 0.306 e. The second kappa shape index (κ2) is 7.21. The average Bonchev–Trinajstić information content (AvgIpc) is 3.06. The molecular weight excluding hydrogens is 409 g/mol. The third-order valence-electron chi connectivity index (χ3n) is 4.57. The number of aromatic nitrogens is 1. The summed E-state index contributed by atoms with van der Waals surface area (Å²) in [5.41, 5.74) is 3.06. The van der Waals surface area contributed by atoms with Crippen molar-refractivity contribution in [1.82, 2.24) is 4.57 Å². The standard InChI is InChI=1S/C20H14Cl3NO3/c21-11-6-7-15-13(9-11)20(12-3-1-4-14(22)19(12)23)27-17(10-18(25)26)16-5-2-8-24(15)16/h1-9,17,20H,10H2,(H,25,26)/t17-,20-/m1/s1. The number of hydrogen-bond donors (Lipinski definition) is 1. The number of carboxylic acid groups (broad SMARTS) is 1. The highest BCUT2D eigenvalue weighted by molar-refractivity contribution is 6.42. The summed E-state index contributed by atoms with van der Waals surface area (Å²) >= 11 is 18.9. The maximum absolute atomic E-state index is 11.4. The van der Waals surface area contributed by atoms with Crippen LogP contribution in [0.2, 0.25) is 15.1 Å². The van der Waals surface area contributed by atoms with Crippen LogP contribution < -0.4 is 0 Å². The molecule has 0 saturated heterocycles. The highest BCUT2D eigenvalue weighted by Crippen LogP contribution is 2.44. The van der Waals surface area contributed by atoms with E-state index >= 15 is 0 Å². The van der Waals surface area contributed by atoms with Crippen molar-refractivity contribution in [2.75, 3.05) is 0 Å². The van der Waals surface area contributed by atoms with Crippen molar-refractivity contribution in [3.8, 4) is 5.69 Å². The molecule has 0 aliphatic carbocycles. The molecule has 3 aromatic rings. The Morgan fingerprint density at radius 3 is 2.67 bits per heavy atom. The van der Waals surface area contributed by atoms with Crippen molar-refractivity contribution in [2.24, 2.45) is 0 Å².